The molecule has 0 radical (unpaired) electrons. The van der Waals surface area contributed by atoms with Gasteiger partial charge in [-0.15, -0.1) is 0 Å². The van der Waals surface area contributed by atoms with Gasteiger partial charge in [-0.3, -0.25) is 0 Å². The van der Waals surface area contributed by atoms with E-state index >= 15 is 0 Å². The molecule has 0 unspecified atom stereocenters. The van der Waals surface area contributed by atoms with Crippen LogP contribution in [0.5, 0.6) is 0 Å². The van der Waals surface area contributed by atoms with Gasteiger partial charge in [-0.05, 0) is 23.6 Å². The number of sulfonamides is 1. The molecule has 1 heterocycles. The molecular formula is C14H19FN4O2S. The van der Waals surface area contributed by atoms with Crippen molar-refractivity contribution in [2.45, 2.75) is 32.2 Å². The monoisotopic (exact) mass is 326 g/mol. The molecule has 1 aromatic heterocycles. The lowest BCUT2D eigenvalue weighted by molar-refractivity contribution is 0.361. The molecule has 0 bridgehead atoms. The maximum Gasteiger partial charge on any atom is 0.216 e. The second-order valence-corrected chi connectivity index (χ2v) is 7.20. The first-order chi connectivity index (χ1) is 10.4. The van der Waals surface area contributed by atoms with Gasteiger partial charge in [0.15, 0.2) is 0 Å². The molecule has 22 heavy (non-hydrogen) atoms. The van der Waals surface area contributed by atoms with Gasteiger partial charge in [0.05, 0.1) is 24.7 Å². The molecule has 1 aromatic carbocycles. The van der Waals surface area contributed by atoms with Crippen molar-refractivity contribution in [3.63, 3.8) is 0 Å². The molecular weight excluding hydrogens is 307 g/mol. The smallest absolute Gasteiger partial charge is 0.212 e. The summed E-state index contributed by atoms with van der Waals surface area (Å²) in [5, 5.41) is 7.97. The molecule has 8 heteroatoms. The van der Waals surface area contributed by atoms with Gasteiger partial charge in [0.25, 0.3) is 0 Å². The van der Waals surface area contributed by atoms with Crippen LogP contribution < -0.4 is 4.72 Å². The van der Waals surface area contributed by atoms with E-state index in [1.54, 1.807) is 18.5 Å². The zero-order valence-electron chi connectivity index (χ0n) is 12.5. The van der Waals surface area contributed by atoms with E-state index in [2.05, 4.69) is 14.9 Å². The average molecular weight is 326 g/mol. The molecule has 0 aliphatic rings. The molecule has 1 N–H and O–H groups in total. The number of halogens is 1. The lowest BCUT2D eigenvalue weighted by Crippen LogP contribution is -2.42. The van der Waals surface area contributed by atoms with E-state index in [1.165, 1.54) is 23.0 Å². The van der Waals surface area contributed by atoms with Crippen molar-refractivity contribution < 1.29 is 12.8 Å². The number of aromatic nitrogens is 3. The van der Waals surface area contributed by atoms with E-state index in [-0.39, 0.29) is 17.7 Å². The van der Waals surface area contributed by atoms with Crippen LogP contribution in [0.4, 0.5) is 4.39 Å². The first kappa shape index (κ1) is 16.6. The Morgan fingerprint density at radius 3 is 2.55 bits per heavy atom. The summed E-state index contributed by atoms with van der Waals surface area (Å²) in [6, 6.07) is 5.24. The fourth-order valence-electron chi connectivity index (χ4n) is 2.02. The normalized spacial score (nSPS) is 13.5. The number of rotatable bonds is 7. The number of hydrogen-bond acceptors (Lipinski definition) is 4. The van der Waals surface area contributed by atoms with Crippen LogP contribution in [0.25, 0.3) is 0 Å². The zero-order valence-corrected chi connectivity index (χ0v) is 13.3. The fraction of sp³-hybridized carbons (Fsp3) is 0.429. The second-order valence-electron chi connectivity index (χ2n) is 5.44. The summed E-state index contributed by atoms with van der Waals surface area (Å²) in [7, 11) is -3.58. The molecule has 6 nitrogen and oxygen atoms in total. The number of nitrogens with zero attached hydrogens (tertiary/aromatic N) is 3. The third kappa shape index (κ3) is 4.88. The van der Waals surface area contributed by atoms with Crippen molar-refractivity contribution in [3.05, 3.63) is 48.0 Å². The first-order valence-electron chi connectivity index (χ1n) is 6.94. The Hall–Kier alpha value is -1.80. The van der Waals surface area contributed by atoms with Crippen molar-refractivity contribution >= 4 is 10.0 Å². The van der Waals surface area contributed by atoms with E-state index in [9.17, 15) is 12.8 Å². The highest BCUT2D eigenvalue weighted by molar-refractivity contribution is 7.88. The highest BCUT2D eigenvalue weighted by Gasteiger charge is 2.22. The van der Waals surface area contributed by atoms with Gasteiger partial charge in [0.2, 0.25) is 10.0 Å². The van der Waals surface area contributed by atoms with Gasteiger partial charge in [-0.25, -0.2) is 17.5 Å². The number of hydrogen-bond donors (Lipinski definition) is 1. The third-order valence-electron chi connectivity index (χ3n) is 3.21. The van der Waals surface area contributed by atoms with Crippen LogP contribution in [-0.2, 0) is 22.3 Å². The zero-order chi connectivity index (χ0) is 16.2. The Morgan fingerprint density at radius 2 is 1.95 bits per heavy atom. The van der Waals surface area contributed by atoms with Crippen LogP contribution in [0.3, 0.4) is 0 Å². The third-order valence-corrected chi connectivity index (χ3v) is 4.58. The molecule has 0 spiro atoms. The first-order valence-corrected chi connectivity index (χ1v) is 8.59. The quantitative estimate of drug-likeness (QED) is 0.838. The number of benzene rings is 1. The molecule has 0 fully saturated rings. The Kier molecular flexibility index (Phi) is 5.25. The van der Waals surface area contributed by atoms with Gasteiger partial charge < -0.3 is 0 Å². The molecule has 2 rings (SSSR count). The molecule has 2 aromatic rings. The summed E-state index contributed by atoms with van der Waals surface area (Å²) < 4.78 is 40.3. The Bertz CT molecular complexity index is 701. The topological polar surface area (TPSA) is 76.9 Å². The molecule has 0 aliphatic carbocycles. The van der Waals surface area contributed by atoms with Crippen LogP contribution in [0.2, 0.25) is 0 Å². The van der Waals surface area contributed by atoms with Crippen molar-refractivity contribution in [2.75, 3.05) is 0 Å². The summed E-state index contributed by atoms with van der Waals surface area (Å²) in [6.45, 7) is 4.17. The summed E-state index contributed by atoms with van der Waals surface area (Å²) in [6.07, 6.45) is 3.08. The molecule has 0 saturated carbocycles. The lowest BCUT2D eigenvalue weighted by Gasteiger charge is -2.21. The van der Waals surface area contributed by atoms with Gasteiger partial charge in [-0.1, -0.05) is 26.0 Å². The minimum Gasteiger partial charge on any atom is -0.212 e. The van der Waals surface area contributed by atoms with Crippen molar-refractivity contribution in [3.8, 4) is 0 Å². The standard InChI is InChI=1S/C14H19FN4O2S/c1-11(2)14(9-19-16-6-7-17-19)18-22(20,21)10-12-4-3-5-13(15)8-12/h3-8,11,14,18H,9-10H2,1-2H3/t14-/m0/s1. The second kappa shape index (κ2) is 6.97. The Labute approximate surface area is 129 Å². The maximum absolute atomic E-state index is 13.2. The summed E-state index contributed by atoms with van der Waals surface area (Å²) >= 11 is 0. The summed E-state index contributed by atoms with van der Waals surface area (Å²) in [5.41, 5.74) is 0.409. The van der Waals surface area contributed by atoms with Gasteiger partial charge in [0, 0.05) is 6.04 Å². The van der Waals surface area contributed by atoms with E-state index in [0.29, 0.717) is 12.1 Å². The molecule has 120 valence electrons. The lowest BCUT2D eigenvalue weighted by atomic mass is 10.1. The maximum atomic E-state index is 13.2. The highest BCUT2D eigenvalue weighted by Crippen LogP contribution is 2.11. The minimum absolute atomic E-state index is 0.0632. The van der Waals surface area contributed by atoms with E-state index in [1.807, 2.05) is 13.8 Å². The predicted molar refractivity (Wildman–Crippen MR) is 80.8 cm³/mol. The molecule has 0 saturated heterocycles. The largest absolute Gasteiger partial charge is 0.216 e. The Balaban J connectivity index is 2.07. The van der Waals surface area contributed by atoms with Crippen LogP contribution >= 0.6 is 0 Å². The fourth-order valence-corrected chi connectivity index (χ4v) is 3.53. The molecule has 0 amide bonds. The van der Waals surface area contributed by atoms with Crippen LogP contribution in [-0.4, -0.2) is 29.5 Å². The number of nitrogens with one attached hydrogen (secondary N) is 1. The SMILES string of the molecule is CC(C)[C@H](Cn1nccn1)NS(=O)(=O)Cc1cccc(F)c1. The Morgan fingerprint density at radius 1 is 1.27 bits per heavy atom. The molecule has 0 aliphatic heterocycles. The molecule has 1 atom stereocenters. The van der Waals surface area contributed by atoms with E-state index < -0.39 is 15.8 Å². The summed E-state index contributed by atoms with van der Waals surface area (Å²) in [4.78, 5) is 1.44. The van der Waals surface area contributed by atoms with Gasteiger partial charge in [-0.2, -0.15) is 15.0 Å². The van der Waals surface area contributed by atoms with Gasteiger partial charge >= 0.3 is 0 Å². The van der Waals surface area contributed by atoms with Crippen LogP contribution in [0.1, 0.15) is 19.4 Å². The van der Waals surface area contributed by atoms with Gasteiger partial charge in [0.1, 0.15) is 5.82 Å². The van der Waals surface area contributed by atoms with Crippen molar-refractivity contribution in [2.24, 2.45) is 5.92 Å². The van der Waals surface area contributed by atoms with Crippen molar-refractivity contribution in [1.29, 1.82) is 0 Å². The predicted octanol–water partition coefficient (Wildman–Crippen LogP) is 1.56. The van der Waals surface area contributed by atoms with E-state index in [0.717, 1.165) is 0 Å². The highest BCUT2D eigenvalue weighted by atomic mass is 32.2. The van der Waals surface area contributed by atoms with Crippen LogP contribution in [0, 0.1) is 11.7 Å². The minimum atomic E-state index is -3.58. The average Bonchev–Trinajstić information content (AvgIpc) is 2.90. The van der Waals surface area contributed by atoms with Crippen LogP contribution in [0.15, 0.2) is 36.7 Å². The van der Waals surface area contributed by atoms with Crippen molar-refractivity contribution in [1.82, 2.24) is 19.7 Å². The summed E-state index contributed by atoms with van der Waals surface area (Å²) in [5.74, 6) is -0.650. The van der Waals surface area contributed by atoms with E-state index in [4.69, 9.17) is 0 Å².